The molecule has 2 aliphatic heterocycles. The van der Waals surface area contributed by atoms with E-state index >= 15 is 0 Å². The number of rotatable bonds is 0. The van der Waals surface area contributed by atoms with Crippen LogP contribution < -0.4 is 0 Å². The molecule has 4 rings (SSSR count). The van der Waals surface area contributed by atoms with Gasteiger partial charge in [0.1, 0.15) is 5.78 Å². The van der Waals surface area contributed by atoms with Crippen molar-refractivity contribution in [1.29, 1.82) is 0 Å². The molecule has 1 spiro atoms. The molecule has 2 bridgehead atoms. The first kappa shape index (κ1) is 11.5. The SMILES string of the molecule is C[C@@H]1C[C@@H]2CC(=O)[C@H]3CCCN4CCC[C@H]2C34C1. The van der Waals surface area contributed by atoms with Crippen molar-refractivity contribution in [2.24, 2.45) is 23.7 Å². The van der Waals surface area contributed by atoms with Crippen molar-refractivity contribution in [2.45, 2.75) is 57.4 Å². The minimum absolute atomic E-state index is 0.314. The molecule has 2 heteroatoms. The first-order valence-electron chi connectivity index (χ1n) is 7.99. The van der Waals surface area contributed by atoms with Crippen LogP contribution in [0.15, 0.2) is 0 Å². The summed E-state index contributed by atoms with van der Waals surface area (Å²) in [6.07, 6.45) is 8.75. The average Bonchev–Trinajstić information content (AvgIpc) is 2.33. The number of nitrogens with zero attached hydrogens (tertiary/aromatic N) is 1. The highest BCUT2D eigenvalue weighted by molar-refractivity contribution is 5.84. The predicted octanol–water partition coefficient (Wildman–Crippen LogP) is 2.87. The van der Waals surface area contributed by atoms with E-state index in [9.17, 15) is 4.79 Å². The van der Waals surface area contributed by atoms with Crippen molar-refractivity contribution in [2.75, 3.05) is 13.1 Å². The standard InChI is InChI=1S/C16H25NO/c1-11-8-12-9-15(18)14-5-3-7-17-6-2-4-13(12)16(14,17)10-11/h11-14H,2-10H2,1H3/t11-,12-,13-,14-,16?/m1/s1. The highest BCUT2D eigenvalue weighted by Gasteiger charge is 2.62. The fourth-order valence-corrected chi connectivity index (χ4v) is 6.18. The van der Waals surface area contributed by atoms with Crippen LogP contribution >= 0.6 is 0 Å². The van der Waals surface area contributed by atoms with Crippen LogP contribution in [0.25, 0.3) is 0 Å². The molecule has 0 aromatic heterocycles. The van der Waals surface area contributed by atoms with Gasteiger partial charge in [0.2, 0.25) is 0 Å². The van der Waals surface area contributed by atoms with Crippen molar-refractivity contribution < 1.29 is 4.79 Å². The van der Waals surface area contributed by atoms with Gasteiger partial charge in [0.05, 0.1) is 0 Å². The van der Waals surface area contributed by atoms with Gasteiger partial charge in [0, 0.05) is 17.9 Å². The Morgan fingerprint density at radius 2 is 2.00 bits per heavy atom. The summed E-state index contributed by atoms with van der Waals surface area (Å²) in [6, 6.07) is 0. The van der Waals surface area contributed by atoms with E-state index in [-0.39, 0.29) is 0 Å². The van der Waals surface area contributed by atoms with E-state index in [1.54, 1.807) is 0 Å². The monoisotopic (exact) mass is 247 g/mol. The Labute approximate surface area is 110 Å². The van der Waals surface area contributed by atoms with Crippen molar-refractivity contribution >= 4 is 5.78 Å². The van der Waals surface area contributed by atoms with Gasteiger partial charge in [-0.15, -0.1) is 0 Å². The zero-order valence-corrected chi connectivity index (χ0v) is 11.5. The molecule has 2 saturated heterocycles. The molecule has 0 amide bonds. The highest BCUT2D eigenvalue weighted by Crippen LogP contribution is 2.59. The molecular formula is C16H25NO. The lowest BCUT2D eigenvalue weighted by atomic mass is 9.48. The molecule has 2 nitrogen and oxygen atoms in total. The number of carbonyl (C=O) groups is 1. The Morgan fingerprint density at radius 3 is 2.83 bits per heavy atom. The molecule has 18 heavy (non-hydrogen) atoms. The van der Waals surface area contributed by atoms with E-state index < -0.39 is 0 Å². The lowest BCUT2D eigenvalue weighted by Gasteiger charge is -2.65. The van der Waals surface area contributed by atoms with Crippen LogP contribution in [0.5, 0.6) is 0 Å². The normalized spacial score (nSPS) is 51.9. The van der Waals surface area contributed by atoms with Crippen LogP contribution in [-0.4, -0.2) is 29.3 Å². The molecule has 0 radical (unpaired) electrons. The molecule has 2 saturated carbocycles. The minimum atomic E-state index is 0.314. The quantitative estimate of drug-likeness (QED) is 0.656. The van der Waals surface area contributed by atoms with E-state index in [0.717, 1.165) is 24.2 Å². The molecule has 4 fully saturated rings. The van der Waals surface area contributed by atoms with E-state index in [0.29, 0.717) is 17.2 Å². The van der Waals surface area contributed by atoms with Crippen LogP contribution in [-0.2, 0) is 4.79 Å². The van der Waals surface area contributed by atoms with Crippen LogP contribution in [0.1, 0.15) is 51.9 Å². The second-order valence-electron chi connectivity index (χ2n) is 7.40. The van der Waals surface area contributed by atoms with Gasteiger partial charge in [-0.2, -0.15) is 0 Å². The van der Waals surface area contributed by atoms with E-state index in [4.69, 9.17) is 0 Å². The topological polar surface area (TPSA) is 20.3 Å². The molecule has 2 heterocycles. The van der Waals surface area contributed by atoms with Crippen LogP contribution in [0, 0.1) is 23.7 Å². The summed E-state index contributed by atoms with van der Waals surface area (Å²) in [5.41, 5.74) is 0.314. The van der Waals surface area contributed by atoms with Gasteiger partial charge in [0.15, 0.2) is 0 Å². The van der Waals surface area contributed by atoms with Gasteiger partial charge in [-0.3, -0.25) is 9.69 Å². The predicted molar refractivity (Wildman–Crippen MR) is 71.3 cm³/mol. The summed E-state index contributed by atoms with van der Waals surface area (Å²) < 4.78 is 0. The van der Waals surface area contributed by atoms with Crippen molar-refractivity contribution in [3.05, 3.63) is 0 Å². The third-order valence-electron chi connectivity index (χ3n) is 6.50. The number of Topliss-reactive ketones (excluding diaryl/α,β-unsaturated/α-hetero) is 1. The molecule has 0 N–H and O–H groups in total. The maximum atomic E-state index is 12.5. The third-order valence-corrected chi connectivity index (χ3v) is 6.50. The third kappa shape index (κ3) is 1.31. The lowest BCUT2D eigenvalue weighted by Crippen LogP contribution is -2.71. The van der Waals surface area contributed by atoms with Gasteiger partial charge in [-0.25, -0.2) is 0 Å². The summed E-state index contributed by atoms with van der Waals surface area (Å²) in [4.78, 5) is 15.3. The van der Waals surface area contributed by atoms with E-state index in [2.05, 4.69) is 11.8 Å². The fourth-order valence-electron chi connectivity index (χ4n) is 6.18. The fraction of sp³-hybridized carbons (Fsp3) is 0.938. The number of ketones is 1. The first-order valence-corrected chi connectivity index (χ1v) is 7.99. The molecule has 0 aromatic rings. The Morgan fingerprint density at radius 1 is 1.22 bits per heavy atom. The van der Waals surface area contributed by atoms with Crippen molar-refractivity contribution in [3.63, 3.8) is 0 Å². The van der Waals surface area contributed by atoms with Gasteiger partial charge in [-0.05, 0) is 69.4 Å². The summed E-state index contributed by atoms with van der Waals surface area (Å²) in [5, 5.41) is 0. The van der Waals surface area contributed by atoms with Gasteiger partial charge in [0.25, 0.3) is 0 Å². The Balaban J connectivity index is 1.82. The lowest BCUT2D eigenvalue weighted by molar-refractivity contribution is -0.172. The molecule has 1 unspecified atom stereocenters. The highest BCUT2D eigenvalue weighted by atomic mass is 16.1. The summed E-state index contributed by atoms with van der Waals surface area (Å²) in [7, 11) is 0. The number of hydrogen-bond acceptors (Lipinski definition) is 2. The Kier molecular flexibility index (Phi) is 2.43. The zero-order chi connectivity index (χ0) is 12.3. The van der Waals surface area contributed by atoms with Gasteiger partial charge >= 0.3 is 0 Å². The number of carbonyl (C=O) groups excluding carboxylic acids is 1. The van der Waals surface area contributed by atoms with Gasteiger partial charge in [-0.1, -0.05) is 6.92 Å². The van der Waals surface area contributed by atoms with Crippen molar-refractivity contribution in [1.82, 2.24) is 4.90 Å². The number of piperidine rings is 2. The maximum absolute atomic E-state index is 12.5. The van der Waals surface area contributed by atoms with E-state index in [1.165, 1.54) is 51.6 Å². The smallest absolute Gasteiger partial charge is 0.138 e. The second-order valence-corrected chi connectivity index (χ2v) is 7.40. The summed E-state index contributed by atoms with van der Waals surface area (Å²) in [6.45, 7) is 4.95. The van der Waals surface area contributed by atoms with Crippen LogP contribution in [0.4, 0.5) is 0 Å². The second kappa shape index (κ2) is 3.82. The summed E-state index contributed by atoms with van der Waals surface area (Å²) >= 11 is 0. The Bertz CT molecular complexity index is 377. The molecule has 100 valence electrons. The maximum Gasteiger partial charge on any atom is 0.138 e. The van der Waals surface area contributed by atoms with Gasteiger partial charge < -0.3 is 0 Å². The number of hydrogen-bond donors (Lipinski definition) is 0. The Hall–Kier alpha value is -0.370. The van der Waals surface area contributed by atoms with Crippen LogP contribution in [0.3, 0.4) is 0 Å². The summed E-state index contributed by atoms with van der Waals surface area (Å²) in [5.74, 6) is 3.43. The minimum Gasteiger partial charge on any atom is -0.299 e. The first-order chi connectivity index (χ1) is 8.72. The van der Waals surface area contributed by atoms with Crippen LogP contribution in [0.2, 0.25) is 0 Å². The molecule has 4 aliphatic rings. The molecule has 0 aromatic carbocycles. The van der Waals surface area contributed by atoms with E-state index in [1.807, 2.05) is 0 Å². The molecule has 2 aliphatic carbocycles. The van der Waals surface area contributed by atoms with Crippen molar-refractivity contribution in [3.8, 4) is 0 Å². The molecular weight excluding hydrogens is 222 g/mol. The zero-order valence-electron chi connectivity index (χ0n) is 11.5. The largest absolute Gasteiger partial charge is 0.299 e. The average molecular weight is 247 g/mol. The molecule has 5 atom stereocenters.